The van der Waals surface area contributed by atoms with Gasteiger partial charge in [-0.25, -0.2) is 8.78 Å². The molecule has 9 nitrogen and oxygen atoms in total. The zero-order chi connectivity index (χ0) is 34.6. The van der Waals surface area contributed by atoms with Gasteiger partial charge in [-0.05, 0) is 41.7 Å². The minimum atomic E-state index is -0.875. The second-order valence-corrected chi connectivity index (χ2v) is 12.6. The van der Waals surface area contributed by atoms with Gasteiger partial charge in [-0.2, -0.15) is 0 Å². The first kappa shape index (κ1) is 37.4. The van der Waals surface area contributed by atoms with Gasteiger partial charge in [-0.1, -0.05) is 65.0 Å². The summed E-state index contributed by atoms with van der Waals surface area (Å²) in [6.45, 7) is 11.5. The number of amides is 3. The lowest BCUT2D eigenvalue weighted by atomic mass is 9.82. The van der Waals surface area contributed by atoms with E-state index in [2.05, 4.69) is 10.6 Å². The molecule has 4 N–H and O–H groups in total. The quantitative estimate of drug-likeness (QED) is 0.174. The Kier molecular flexibility index (Phi) is 14.1. The predicted molar refractivity (Wildman–Crippen MR) is 179 cm³/mol. The molecule has 2 unspecified atom stereocenters. The normalized spacial score (nSPS) is 12.8. The molecule has 256 valence electrons. The van der Waals surface area contributed by atoms with Crippen LogP contribution in [0.2, 0.25) is 0 Å². The zero-order valence-electron chi connectivity index (χ0n) is 28.2. The average molecular weight is 654 g/mol. The van der Waals surface area contributed by atoms with Crippen molar-refractivity contribution in [3.8, 4) is 11.1 Å². The van der Waals surface area contributed by atoms with Crippen molar-refractivity contribution in [2.75, 3.05) is 32.8 Å². The Bertz CT molecular complexity index is 1470. The fraction of sp³-hybridized carbons (Fsp3) is 0.472. The van der Waals surface area contributed by atoms with Crippen LogP contribution in [-0.2, 0) is 25.7 Å². The van der Waals surface area contributed by atoms with Gasteiger partial charge < -0.3 is 30.6 Å². The Morgan fingerprint density at radius 2 is 1.64 bits per heavy atom. The number of rotatable bonds is 17. The van der Waals surface area contributed by atoms with Crippen LogP contribution in [0.1, 0.15) is 71.2 Å². The molecule has 2 aromatic carbocycles. The molecule has 2 atom stereocenters. The molecule has 0 aliphatic carbocycles. The summed E-state index contributed by atoms with van der Waals surface area (Å²) < 4.78 is 36.7. The van der Waals surface area contributed by atoms with E-state index in [4.69, 9.17) is 10.5 Å². The summed E-state index contributed by atoms with van der Waals surface area (Å²) in [5, 5.41) is 5.48. The highest BCUT2D eigenvalue weighted by atomic mass is 19.1. The lowest BCUT2D eigenvalue weighted by Crippen LogP contribution is -2.47. The van der Waals surface area contributed by atoms with Gasteiger partial charge in [-0.15, -0.1) is 0 Å². The van der Waals surface area contributed by atoms with Gasteiger partial charge in [-0.3, -0.25) is 14.4 Å². The van der Waals surface area contributed by atoms with E-state index < -0.39 is 29.1 Å². The van der Waals surface area contributed by atoms with Crippen LogP contribution in [0.25, 0.3) is 11.1 Å². The standard InChI is InChI=1S/C36H49F2N5O4/c1-6-32(44)40-16-19-47-20-17-41-35(46)30(39)15-18-43(33(45)7-2)34(36(3,4)5)31-21-26(28-22-27(37)13-14-29(28)38)24-42(31)23-25-11-9-8-10-12-25/h8-14,21-22,24,30,34H,6-7,15-20,23,39H2,1-5H3,(H,40,44)(H,41,46). The first-order valence-electron chi connectivity index (χ1n) is 16.2. The molecule has 3 amide bonds. The van der Waals surface area contributed by atoms with Gasteiger partial charge in [0.25, 0.3) is 0 Å². The van der Waals surface area contributed by atoms with Crippen LogP contribution in [0.3, 0.4) is 0 Å². The number of hydrogen-bond acceptors (Lipinski definition) is 5. The maximum atomic E-state index is 15.0. The molecule has 47 heavy (non-hydrogen) atoms. The smallest absolute Gasteiger partial charge is 0.237 e. The lowest BCUT2D eigenvalue weighted by Gasteiger charge is -2.41. The third kappa shape index (κ3) is 11.0. The van der Waals surface area contributed by atoms with E-state index in [1.54, 1.807) is 24.9 Å². The van der Waals surface area contributed by atoms with Crippen LogP contribution in [-0.4, -0.2) is 66.1 Å². The molecule has 0 fully saturated rings. The van der Waals surface area contributed by atoms with Crippen molar-refractivity contribution in [2.24, 2.45) is 11.1 Å². The number of ether oxygens (including phenoxy) is 1. The molecular formula is C36H49F2N5O4. The van der Waals surface area contributed by atoms with Crippen LogP contribution in [0.15, 0.2) is 60.8 Å². The molecule has 3 aromatic rings. The van der Waals surface area contributed by atoms with Gasteiger partial charge in [0.15, 0.2) is 0 Å². The topological polar surface area (TPSA) is 119 Å². The molecule has 0 saturated carbocycles. The Balaban J connectivity index is 1.83. The van der Waals surface area contributed by atoms with Crippen LogP contribution >= 0.6 is 0 Å². The second kappa shape index (κ2) is 17.7. The van der Waals surface area contributed by atoms with Crippen LogP contribution in [0.5, 0.6) is 0 Å². The molecule has 3 rings (SSSR count). The second-order valence-electron chi connectivity index (χ2n) is 12.6. The van der Waals surface area contributed by atoms with Crippen molar-refractivity contribution in [2.45, 2.75) is 72.5 Å². The number of nitrogens with zero attached hydrogens (tertiary/aromatic N) is 2. The minimum absolute atomic E-state index is 0.0533. The number of halogens is 2. The fourth-order valence-corrected chi connectivity index (χ4v) is 5.49. The van der Waals surface area contributed by atoms with Crippen molar-refractivity contribution in [3.63, 3.8) is 0 Å². The van der Waals surface area contributed by atoms with Crippen LogP contribution in [0, 0.1) is 17.0 Å². The van der Waals surface area contributed by atoms with E-state index in [1.165, 1.54) is 6.07 Å². The molecule has 1 heterocycles. The molecule has 0 saturated heterocycles. The summed E-state index contributed by atoms with van der Waals surface area (Å²) in [6.07, 6.45) is 2.64. The Hall–Kier alpha value is -4.09. The largest absolute Gasteiger partial charge is 0.378 e. The summed E-state index contributed by atoms with van der Waals surface area (Å²) in [5.41, 5.74) is 8.19. The summed E-state index contributed by atoms with van der Waals surface area (Å²) in [6, 6.07) is 13.6. The zero-order valence-corrected chi connectivity index (χ0v) is 28.2. The van der Waals surface area contributed by atoms with Crippen molar-refractivity contribution < 1.29 is 27.9 Å². The predicted octanol–water partition coefficient (Wildman–Crippen LogP) is 5.18. The monoisotopic (exact) mass is 653 g/mol. The number of nitrogens with two attached hydrogens (primary N) is 1. The molecule has 1 aromatic heterocycles. The van der Waals surface area contributed by atoms with E-state index in [9.17, 15) is 23.2 Å². The maximum Gasteiger partial charge on any atom is 0.237 e. The number of nitrogens with one attached hydrogen (secondary N) is 2. The van der Waals surface area contributed by atoms with E-state index in [0.717, 1.165) is 23.4 Å². The Morgan fingerprint density at radius 1 is 0.957 bits per heavy atom. The van der Waals surface area contributed by atoms with E-state index >= 15 is 0 Å². The number of carbonyl (C=O) groups is 3. The first-order valence-corrected chi connectivity index (χ1v) is 16.2. The summed E-state index contributed by atoms with van der Waals surface area (Å²) in [5.74, 6) is -1.63. The summed E-state index contributed by atoms with van der Waals surface area (Å²) in [7, 11) is 0. The first-order chi connectivity index (χ1) is 22.3. The van der Waals surface area contributed by atoms with Gasteiger partial charge in [0.05, 0.1) is 25.3 Å². The third-order valence-electron chi connectivity index (χ3n) is 7.85. The summed E-state index contributed by atoms with van der Waals surface area (Å²) >= 11 is 0. The van der Waals surface area contributed by atoms with Gasteiger partial charge >= 0.3 is 0 Å². The molecule has 11 heteroatoms. The average Bonchev–Trinajstić information content (AvgIpc) is 3.44. The van der Waals surface area contributed by atoms with Crippen molar-refractivity contribution in [1.82, 2.24) is 20.1 Å². The molecule has 0 spiro atoms. The molecule has 0 radical (unpaired) electrons. The van der Waals surface area contributed by atoms with E-state index in [1.807, 2.05) is 61.7 Å². The summed E-state index contributed by atoms with van der Waals surface area (Å²) in [4.78, 5) is 39.4. The number of hydrogen-bond donors (Lipinski definition) is 3. The molecule has 0 bridgehead atoms. The van der Waals surface area contributed by atoms with Crippen molar-refractivity contribution in [3.05, 3.63) is 83.7 Å². The Morgan fingerprint density at radius 3 is 2.28 bits per heavy atom. The van der Waals surface area contributed by atoms with Crippen molar-refractivity contribution in [1.29, 1.82) is 0 Å². The molecule has 0 aliphatic heterocycles. The van der Waals surface area contributed by atoms with Gasteiger partial charge in [0.1, 0.15) is 11.6 Å². The highest BCUT2D eigenvalue weighted by molar-refractivity contribution is 5.81. The SMILES string of the molecule is CCC(=O)NCCOCCNC(=O)C(N)CCN(C(=O)CC)C(c1cc(-c2cc(F)ccc2F)cn1Cc1ccccc1)C(C)(C)C. The van der Waals surface area contributed by atoms with Gasteiger partial charge in [0.2, 0.25) is 17.7 Å². The van der Waals surface area contributed by atoms with Crippen LogP contribution < -0.4 is 16.4 Å². The molecule has 0 aliphatic rings. The fourth-order valence-electron chi connectivity index (χ4n) is 5.49. The Labute approximate surface area is 276 Å². The van der Waals surface area contributed by atoms with E-state index in [0.29, 0.717) is 31.7 Å². The lowest BCUT2D eigenvalue weighted by molar-refractivity contribution is -0.137. The number of benzene rings is 2. The van der Waals surface area contributed by atoms with Gasteiger partial charge in [0, 0.05) is 62.0 Å². The third-order valence-corrected chi connectivity index (χ3v) is 7.85. The maximum absolute atomic E-state index is 15.0. The minimum Gasteiger partial charge on any atom is -0.378 e. The van der Waals surface area contributed by atoms with Crippen molar-refractivity contribution >= 4 is 17.7 Å². The number of aromatic nitrogens is 1. The highest BCUT2D eigenvalue weighted by Gasteiger charge is 2.37. The van der Waals surface area contributed by atoms with E-state index in [-0.39, 0.29) is 55.8 Å². The number of carbonyl (C=O) groups excluding carboxylic acids is 3. The van der Waals surface area contributed by atoms with Crippen LogP contribution in [0.4, 0.5) is 8.78 Å². The molecular weight excluding hydrogens is 604 g/mol. The highest BCUT2D eigenvalue weighted by Crippen LogP contribution is 2.41.